The summed E-state index contributed by atoms with van der Waals surface area (Å²) in [6.45, 7) is 6.88. The quantitative estimate of drug-likeness (QED) is 0.710. The van der Waals surface area contributed by atoms with Gasteiger partial charge in [0.15, 0.2) is 0 Å². The molecule has 0 aliphatic carbocycles. The number of piperidine rings is 1. The molecule has 0 radical (unpaired) electrons. The Balaban J connectivity index is 2.33. The van der Waals surface area contributed by atoms with Crippen molar-refractivity contribution < 1.29 is 19.4 Å². The van der Waals surface area contributed by atoms with E-state index < -0.39 is 5.41 Å². The maximum absolute atomic E-state index is 11.6. The molecule has 1 fully saturated rings. The van der Waals surface area contributed by atoms with Crippen LogP contribution in [0.15, 0.2) is 0 Å². The first-order chi connectivity index (χ1) is 8.49. The number of hydrogen-bond acceptors (Lipinski definition) is 5. The minimum Gasteiger partial charge on any atom is -0.469 e. The van der Waals surface area contributed by atoms with E-state index in [9.17, 15) is 4.79 Å². The van der Waals surface area contributed by atoms with Crippen molar-refractivity contribution in [3.63, 3.8) is 0 Å². The molecule has 1 aliphatic heterocycles. The largest absolute Gasteiger partial charge is 0.469 e. The maximum atomic E-state index is 11.6. The van der Waals surface area contributed by atoms with Gasteiger partial charge in [-0.05, 0) is 26.7 Å². The molecular formula is C13H25NO4. The molecule has 1 heterocycles. The highest BCUT2D eigenvalue weighted by atomic mass is 16.5. The summed E-state index contributed by atoms with van der Waals surface area (Å²) in [5.41, 5.74) is -0.465. The van der Waals surface area contributed by atoms with E-state index in [0.717, 1.165) is 25.9 Å². The van der Waals surface area contributed by atoms with Crippen molar-refractivity contribution in [2.24, 2.45) is 5.41 Å². The lowest BCUT2D eigenvalue weighted by Crippen LogP contribution is -2.45. The number of hydrogen-bond donors (Lipinski definition) is 1. The number of esters is 1. The first-order valence-corrected chi connectivity index (χ1v) is 6.53. The number of aliphatic hydroxyl groups excluding tert-OH is 1. The lowest BCUT2D eigenvalue weighted by Gasteiger charge is -2.35. The minimum absolute atomic E-state index is 0.0790. The number of ether oxygens (including phenoxy) is 2. The summed E-state index contributed by atoms with van der Waals surface area (Å²) in [7, 11) is 1.43. The van der Waals surface area contributed by atoms with Crippen LogP contribution in [0.2, 0.25) is 0 Å². The van der Waals surface area contributed by atoms with Crippen molar-refractivity contribution in [2.45, 2.75) is 32.8 Å². The van der Waals surface area contributed by atoms with Gasteiger partial charge in [-0.25, -0.2) is 0 Å². The van der Waals surface area contributed by atoms with Crippen LogP contribution in [0.4, 0.5) is 0 Å². The molecule has 0 aromatic carbocycles. The van der Waals surface area contributed by atoms with Gasteiger partial charge in [-0.2, -0.15) is 0 Å². The molecule has 0 aromatic heterocycles. The molecule has 1 N–H and O–H groups in total. The van der Waals surface area contributed by atoms with E-state index in [1.54, 1.807) is 0 Å². The summed E-state index contributed by atoms with van der Waals surface area (Å²) in [6, 6.07) is 0. The summed E-state index contributed by atoms with van der Waals surface area (Å²) in [6.07, 6.45) is 2.16. The van der Waals surface area contributed by atoms with Crippen molar-refractivity contribution >= 4 is 5.97 Å². The van der Waals surface area contributed by atoms with Gasteiger partial charge in [0.1, 0.15) is 0 Å². The zero-order chi connectivity index (χ0) is 13.6. The number of carbonyl (C=O) groups excluding carboxylic acids is 1. The van der Waals surface area contributed by atoms with E-state index in [1.807, 2.05) is 13.8 Å². The van der Waals surface area contributed by atoms with E-state index in [-0.39, 0.29) is 18.7 Å². The zero-order valence-electron chi connectivity index (χ0n) is 11.6. The number of methoxy groups -OCH3 is 1. The Morgan fingerprint density at radius 3 is 2.50 bits per heavy atom. The van der Waals surface area contributed by atoms with Crippen LogP contribution >= 0.6 is 0 Å². The molecule has 106 valence electrons. The van der Waals surface area contributed by atoms with Crippen LogP contribution in [0.5, 0.6) is 0 Å². The molecule has 0 atom stereocenters. The van der Waals surface area contributed by atoms with Crippen LogP contribution < -0.4 is 0 Å². The standard InChI is InChI=1S/C13H25NO4/c1-13(2,12(16)17-3)10-14-6-4-11(5-7-14)18-9-8-15/h11,15H,4-10H2,1-3H3. The van der Waals surface area contributed by atoms with E-state index in [0.29, 0.717) is 13.2 Å². The van der Waals surface area contributed by atoms with Gasteiger partial charge >= 0.3 is 5.97 Å². The third-order valence-electron chi connectivity index (χ3n) is 3.34. The van der Waals surface area contributed by atoms with Gasteiger partial charge in [-0.1, -0.05) is 0 Å². The van der Waals surface area contributed by atoms with Gasteiger partial charge in [0.2, 0.25) is 0 Å². The molecule has 18 heavy (non-hydrogen) atoms. The maximum Gasteiger partial charge on any atom is 0.312 e. The Kier molecular flexibility index (Phi) is 6.05. The molecule has 0 bridgehead atoms. The smallest absolute Gasteiger partial charge is 0.312 e. The average Bonchev–Trinajstić information content (AvgIpc) is 2.36. The Morgan fingerprint density at radius 2 is 2.00 bits per heavy atom. The fraction of sp³-hybridized carbons (Fsp3) is 0.923. The summed E-state index contributed by atoms with van der Waals surface area (Å²) in [5, 5.41) is 8.70. The SMILES string of the molecule is COC(=O)C(C)(C)CN1CCC(OCCO)CC1. The van der Waals surface area contributed by atoms with Crippen LogP contribution in [-0.2, 0) is 14.3 Å². The van der Waals surface area contributed by atoms with Crippen LogP contribution in [0.25, 0.3) is 0 Å². The number of nitrogens with zero attached hydrogens (tertiary/aromatic N) is 1. The Hall–Kier alpha value is -0.650. The summed E-state index contributed by atoms with van der Waals surface area (Å²) < 4.78 is 10.3. The van der Waals surface area contributed by atoms with E-state index in [2.05, 4.69) is 4.90 Å². The van der Waals surface area contributed by atoms with Crippen molar-refractivity contribution in [1.82, 2.24) is 4.90 Å². The molecule has 5 nitrogen and oxygen atoms in total. The number of carbonyl (C=O) groups is 1. The highest BCUT2D eigenvalue weighted by molar-refractivity contribution is 5.76. The minimum atomic E-state index is -0.465. The second-order valence-corrected chi connectivity index (χ2v) is 5.45. The van der Waals surface area contributed by atoms with Gasteiger partial charge < -0.3 is 19.5 Å². The Morgan fingerprint density at radius 1 is 1.39 bits per heavy atom. The van der Waals surface area contributed by atoms with Crippen LogP contribution in [0, 0.1) is 5.41 Å². The second-order valence-electron chi connectivity index (χ2n) is 5.45. The van der Waals surface area contributed by atoms with Gasteiger partial charge in [-0.3, -0.25) is 4.79 Å². The zero-order valence-corrected chi connectivity index (χ0v) is 11.6. The molecule has 0 unspecified atom stereocenters. The molecule has 0 spiro atoms. The van der Waals surface area contributed by atoms with Crippen LogP contribution in [-0.4, -0.2) is 62.0 Å². The third kappa shape index (κ3) is 4.55. The fourth-order valence-corrected chi connectivity index (χ4v) is 2.35. The fourth-order valence-electron chi connectivity index (χ4n) is 2.35. The molecule has 1 rings (SSSR count). The second kappa shape index (κ2) is 7.07. The van der Waals surface area contributed by atoms with Crippen LogP contribution in [0.3, 0.4) is 0 Å². The van der Waals surface area contributed by atoms with Gasteiger partial charge in [0.05, 0.1) is 31.8 Å². The highest BCUT2D eigenvalue weighted by Crippen LogP contribution is 2.22. The topological polar surface area (TPSA) is 59.0 Å². The van der Waals surface area contributed by atoms with E-state index in [4.69, 9.17) is 14.6 Å². The monoisotopic (exact) mass is 259 g/mol. The first kappa shape index (κ1) is 15.4. The van der Waals surface area contributed by atoms with Crippen molar-refractivity contribution in [2.75, 3.05) is 40.0 Å². The third-order valence-corrected chi connectivity index (χ3v) is 3.34. The number of rotatable bonds is 6. The molecule has 0 amide bonds. The predicted molar refractivity (Wildman–Crippen MR) is 68.3 cm³/mol. The summed E-state index contributed by atoms with van der Waals surface area (Å²) in [5.74, 6) is -0.166. The first-order valence-electron chi connectivity index (χ1n) is 6.53. The summed E-state index contributed by atoms with van der Waals surface area (Å²) in [4.78, 5) is 13.9. The lowest BCUT2D eigenvalue weighted by atomic mass is 9.92. The normalized spacial score (nSPS) is 18.9. The van der Waals surface area contributed by atoms with E-state index in [1.165, 1.54) is 7.11 Å². The average molecular weight is 259 g/mol. The van der Waals surface area contributed by atoms with Gasteiger partial charge in [0.25, 0.3) is 0 Å². The lowest BCUT2D eigenvalue weighted by molar-refractivity contribution is -0.152. The predicted octanol–water partition coefficient (Wildman–Crippen LogP) is 0.659. The van der Waals surface area contributed by atoms with Crippen molar-refractivity contribution in [1.29, 1.82) is 0 Å². The van der Waals surface area contributed by atoms with Gasteiger partial charge in [-0.15, -0.1) is 0 Å². The molecule has 1 aliphatic rings. The molecule has 5 heteroatoms. The molecule has 1 saturated heterocycles. The number of likely N-dealkylation sites (tertiary alicyclic amines) is 1. The Bertz CT molecular complexity index is 260. The van der Waals surface area contributed by atoms with Crippen molar-refractivity contribution in [3.8, 4) is 0 Å². The molecule has 0 saturated carbocycles. The summed E-state index contributed by atoms with van der Waals surface area (Å²) >= 11 is 0. The number of aliphatic hydroxyl groups is 1. The van der Waals surface area contributed by atoms with Gasteiger partial charge in [0, 0.05) is 19.6 Å². The molecule has 0 aromatic rings. The Labute approximate surface area is 109 Å². The molecular weight excluding hydrogens is 234 g/mol. The van der Waals surface area contributed by atoms with Crippen LogP contribution in [0.1, 0.15) is 26.7 Å². The van der Waals surface area contributed by atoms with Crippen molar-refractivity contribution in [3.05, 3.63) is 0 Å². The highest BCUT2D eigenvalue weighted by Gasteiger charge is 2.32. The van der Waals surface area contributed by atoms with E-state index >= 15 is 0 Å².